The van der Waals surface area contributed by atoms with E-state index >= 15 is 0 Å². The molecular formula is C91H65N7O2. The molecule has 0 saturated carbocycles. The first-order valence-electron chi connectivity index (χ1n) is 34.4. The molecule has 100 heavy (non-hydrogen) atoms. The highest BCUT2D eigenvalue weighted by Gasteiger charge is 2.40. The number of oxazole rings is 1. The third kappa shape index (κ3) is 8.11. The molecule has 0 saturated heterocycles. The van der Waals surface area contributed by atoms with E-state index < -0.39 is 0 Å². The Kier molecular flexibility index (Phi) is 12.3. The Morgan fingerprint density at radius 2 is 0.730 bits per heavy atom. The summed E-state index contributed by atoms with van der Waals surface area (Å²) < 4.78 is 19.2. The first-order valence-corrected chi connectivity index (χ1v) is 34.4. The van der Waals surface area contributed by atoms with Crippen molar-refractivity contribution in [2.75, 3.05) is 0 Å². The molecule has 7 heterocycles. The van der Waals surface area contributed by atoms with Crippen LogP contribution in [0.3, 0.4) is 0 Å². The van der Waals surface area contributed by atoms with Gasteiger partial charge in [0.25, 0.3) is 0 Å². The van der Waals surface area contributed by atoms with Crippen LogP contribution in [-0.2, 0) is 16.2 Å². The van der Waals surface area contributed by atoms with Crippen molar-refractivity contribution < 1.29 is 8.83 Å². The van der Waals surface area contributed by atoms with Gasteiger partial charge in [-0.25, -0.2) is 15.0 Å². The number of benzene rings is 12. The van der Waals surface area contributed by atoms with Gasteiger partial charge < -0.3 is 8.83 Å². The predicted molar refractivity (Wildman–Crippen MR) is 409 cm³/mol. The summed E-state index contributed by atoms with van der Waals surface area (Å²) in [7, 11) is 0. The molecule has 0 fully saturated rings. The minimum absolute atomic E-state index is 0.00737. The van der Waals surface area contributed by atoms with Crippen molar-refractivity contribution in [1.82, 2.24) is 33.6 Å². The van der Waals surface area contributed by atoms with Crippen LogP contribution in [0.25, 0.3) is 161 Å². The van der Waals surface area contributed by atoms with Gasteiger partial charge in [0.05, 0.1) is 33.1 Å². The monoisotopic (exact) mass is 1290 g/mol. The second kappa shape index (κ2) is 21.3. The molecule has 0 N–H and O–H groups in total. The first-order chi connectivity index (χ1) is 48.9. The van der Waals surface area contributed by atoms with Gasteiger partial charge in [0.15, 0.2) is 5.58 Å². The Morgan fingerprint density at radius 3 is 1.26 bits per heavy atom. The van der Waals surface area contributed by atoms with Crippen molar-refractivity contribution in [2.45, 2.75) is 57.8 Å². The lowest BCUT2D eigenvalue weighted by molar-refractivity contribution is 0.574. The van der Waals surface area contributed by atoms with E-state index in [-0.39, 0.29) is 16.2 Å². The number of para-hydroxylation sites is 7. The normalized spacial score (nSPS) is 14.1. The zero-order chi connectivity index (χ0) is 66.9. The summed E-state index contributed by atoms with van der Waals surface area (Å²) >= 11 is 0. The van der Waals surface area contributed by atoms with Gasteiger partial charge in [-0.3, -0.25) is 13.7 Å². The Bertz CT molecular complexity index is 6600. The van der Waals surface area contributed by atoms with Crippen LogP contribution in [0.5, 0.6) is 0 Å². The quantitative estimate of drug-likeness (QED) is 0.174. The highest BCUT2D eigenvalue weighted by molar-refractivity contribution is 6.21. The summed E-state index contributed by atoms with van der Waals surface area (Å²) in [5.41, 5.74) is 28.7. The Morgan fingerprint density at radius 1 is 0.300 bits per heavy atom. The number of nitrogens with zero attached hydrogens (tertiary/aromatic N) is 7. The summed E-state index contributed by atoms with van der Waals surface area (Å²) in [6.07, 6.45) is 5.58. The second-order valence-corrected chi connectivity index (χ2v) is 28.4. The maximum Gasteiger partial charge on any atom is 0.307 e. The fourth-order valence-corrected chi connectivity index (χ4v) is 17.4. The zero-order valence-electron chi connectivity index (χ0n) is 56.1. The molecule has 3 aliphatic rings. The Labute approximate surface area is 576 Å². The smallest absolute Gasteiger partial charge is 0.307 e. The summed E-state index contributed by atoms with van der Waals surface area (Å²) in [5, 5.41) is 9.85. The van der Waals surface area contributed by atoms with E-state index in [2.05, 4.69) is 290 Å². The van der Waals surface area contributed by atoms with Crippen LogP contribution in [-0.4, -0.2) is 33.6 Å². The van der Waals surface area contributed by atoms with Crippen molar-refractivity contribution in [3.8, 4) is 62.3 Å². The number of aromatic nitrogens is 7. The van der Waals surface area contributed by atoms with Gasteiger partial charge in [-0.2, -0.15) is 4.98 Å². The van der Waals surface area contributed by atoms with Gasteiger partial charge in [-0.1, -0.05) is 236 Å². The summed E-state index contributed by atoms with van der Waals surface area (Å²) in [6.45, 7) is 14.0. The first kappa shape index (κ1) is 57.8. The van der Waals surface area contributed by atoms with Gasteiger partial charge in [-0.15, -0.1) is 0 Å². The summed E-state index contributed by atoms with van der Waals surface area (Å²) in [5.74, 6) is 1.61. The average molecular weight is 1290 g/mol. The fourth-order valence-electron chi connectivity index (χ4n) is 17.4. The highest BCUT2D eigenvalue weighted by atomic mass is 16.4. The number of furan rings is 1. The van der Waals surface area contributed by atoms with Gasteiger partial charge in [0, 0.05) is 89.1 Å². The molecule has 0 unspecified atom stereocenters. The van der Waals surface area contributed by atoms with E-state index in [4.69, 9.17) is 18.8 Å². The molecule has 7 aromatic heterocycles. The summed E-state index contributed by atoms with van der Waals surface area (Å²) in [4.78, 5) is 18.9. The van der Waals surface area contributed by atoms with E-state index in [0.29, 0.717) is 12.0 Å². The molecule has 0 bridgehead atoms. The van der Waals surface area contributed by atoms with E-state index in [9.17, 15) is 0 Å². The number of hydrogen-bond donors (Lipinski definition) is 0. The van der Waals surface area contributed by atoms with Crippen LogP contribution >= 0.6 is 0 Å². The number of hydrogen-bond acceptors (Lipinski definition) is 6. The standard InChI is InChI=1S/C38H26N2O.C28H20N2O.C25H19N3/c1-38(2)29-15-6-3-11-27(29)35-30(38)19-20-32-36(35)28-12-4-7-16-31(28)40(32)34-21-18-23(22-39-34)24-13-9-14-26-25-10-5-8-17-33(25)41-37(24)26;1-28(2)19-11-5-3-9-17(19)25-20(28)15-16-23-26(25)18-10-4-7-13-22(18)30(23)27-29-21-12-6-8-14-24(21)31-27;1-25(2)18-10-5-3-8-16(18)22-19(25)12-13-21-23(22)17-9-4-6-11-20(17)28(21)24-26-14-7-15-27-24/h3-22H,1-2H3;3-16H,1-2H3;3-15H,1-2H3. The third-order valence-corrected chi connectivity index (χ3v) is 22.1. The molecule has 0 atom stereocenters. The molecule has 9 nitrogen and oxygen atoms in total. The van der Waals surface area contributed by atoms with Gasteiger partial charge >= 0.3 is 6.01 Å². The van der Waals surface area contributed by atoms with Gasteiger partial charge in [0.2, 0.25) is 5.95 Å². The Balaban J connectivity index is 0.000000103. The largest absolute Gasteiger partial charge is 0.455 e. The molecule has 22 rings (SSSR count). The van der Waals surface area contributed by atoms with Crippen LogP contribution in [0, 0.1) is 0 Å². The van der Waals surface area contributed by atoms with Crippen molar-refractivity contribution in [2.24, 2.45) is 0 Å². The van der Waals surface area contributed by atoms with Crippen molar-refractivity contribution in [1.29, 1.82) is 0 Å². The highest BCUT2D eigenvalue weighted by Crippen LogP contribution is 2.57. The summed E-state index contributed by atoms with van der Waals surface area (Å²) in [6, 6.07) is 95.2. The fraction of sp³-hybridized carbons (Fsp3) is 0.0989. The number of fused-ring (bicyclic) bond motifs is 25. The molecule has 0 radical (unpaired) electrons. The maximum atomic E-state index is 6.31. The lowest BCUT2D eigenvalue weighted by Crippen LogP contribution is -2.14. The van der Waals surface area contributed by atoms with Crippen molar-refractivity contribution >= 4 is 98.5 Å². The van der Waals surface area contributed by atoms with Crippen molar-refractivity contribution in [3.63, 3.8) is 0 Å². The van der Waals surface area contributed by atoms with Crippen LogP contribution < -0.4 is 0 Å². The molecule has 0 amide bonds. The van der Waals surface area contributed by atoms with E-state index in [0.717, 1.165) is 77.6 Å². The van der Waals surface area contributed by atoms with E-state index in [1.165, 1.54) is 105 Å². The predicted octanol–water partition coefficient (Wildman–Crippen LogP) is 23.2. The third-order valence-electron chi connectivity index (χ3n) is 22.1. The second-order valence-electron chi connectivity index (χ2n) is 28.4. The number of rotatable bonds is 4. The Hall–Kier alpha value is -12.5. The molecule has 19 aromatic rings. The van der Waals surface area contributed by atoms with Crippen LogP contribution in [0.1, 0.15) is 74.9 Å². The average Bonchev–Trinajstić information content (AvgIpc) is 1.55. The molecule has 476 valence electrons. The molecule has 0 spiro atoms. The van der Waals surface area contributed by atoms with Gasteiger partial charge in [-0.05, 0) is 140 Å². The zero-order valence-corrected chi connectivity index (χ0v) is 56.1. The van der Waals surface area contributed by atoms with E-state index in [1.807, 2.05) is 48.7 Å². The van der Waals surface area contributed by atoms with Crippen molar-refractivity contribution in [3.05, 3.63) is 319 Å². The van der Waals surface area contributed by atoms with Gasteiger partial charge in [0.1, 0.15) is 22.5 Å². The molecule has 9 heteroatoms. The number of pyridine rings is 1. The maximum absolute atomic E-state index is 6.31. The lowest BCUT2D eigenvalue weighted by Gasteiger charge is -2.21. The molecule has 3 aliphatic carbocycles. The molecule has 12 aromatic carbocycles. The van der Waals surface area contributed by atoms with Crippen LogP contribution in [0.4, 0.5) is 0 Å². The van der Waals surface area contributed by atoms with Crippen LogP contribution in [0.15, 0.2) is 294 Å². The van der Waals surface area contributed by atoms with Crippen LogP contribution in [0.2, 0.25) is 0 Å². The van der Waals surface area contributed by atoms with E-state index in [1.54, 1.807) is 12.4 Å². The minimum Gasteiger partial charge on any atom is -0.455 e. The molecular weight excluding hydrogens is 1220 g/mol. The SMILES string of the molecule is CC1(C)c2ccccc2-c2c1ccc1c2c2ccccc2n1-c1ccc(-c2cccc3c2oc2ccccc23)cn1.CC1(C)c2ccccc2-c2c1ccc1c2c2ccccc2n1-c1nc2ccccc2o1.CC1(C)c2ccccc2-c2c1ccc1c2c2ccccc2n1-c1ncccn1. The topological polar surface area (TPSA) is 92.6 Å². The lowest BCUT2D eigenvalue weighted by atomic mass is 9.82. The minimum atomic E-state index is -0.0408. The molecule has 0 aliphatic heterocycles.